The summed E-state index contributed by atoms with van der Waals surface area (Å²) < 4.78 is 39.3. The van der Waals surface area contributed by atoms with E-state index in [9.17, 15) is 13.2 Å². The first kappa shape index (κ1) is 25.1. The number of nitrogens with one attached hydrogen (secondary N) is 1. The average molecular weight is 483 g/mol. The third-order valence-electron chi connectivity index (χ3n) is 5.22. The number of carbonyl (C=O) groups excluding carboxylic acids is 1. The Bertz CT molecular complexity index is 1210. The van der Waals surface area contributed by atoms with Crippen molar-refractivity contribution >= 4 is 21.6 Å². The van der Waals surface area contributed by atoms with Crippen molar-refractivity contribution in [3.8, 4) is 11.5 Å². The lowest BCUT2D eigenvalue weighted by Crippen LogP contribution is -2.42. The van der Waals surface area contributed by atoms with Crippen LogP contribution in [0.3, 0.4) is 0 Å². The molecule has 0 aliphatic rings. The van der Waals surface area contributed by atoms with Gasteiger partial charge in [-0.1, -0.05) is 36.4 Å². The largest absolute Gasteiger partial charge is 0.492 e. The molecule has 0 saturated heterocycles. The highest BCUT2D eigenvalue weighted by atomic mass is 32.2. The summed E-state index contributed by atoms with van der Waals surface area (Å²) in [7, 11) is -4.01. The van der Waals surface area contributed by atoms with Crippen molar-refractivity contribution in [2.75, 3.05) is 30.6 Å². The van der Waals surface area contributed by atoms with Crippen molar-refractivity contribution in [3.05, 3.63) is 83.9 Å². The number of rotatable bonds is 11. The SMILES string of the molecule is CCOc1ccccc1N(CC(=O)NCCOc1ccc(C)c(C)c1)S(=O)(=O)c1ccccc1. The molecule has 3 aromatic carbocycles. The molecule has 0 aliphatic heterocycles. The normalized spacial score (nSPS) is 11.0. The van der Waals surface area contributed by atoms with E-state index in [-0.39, 0.29) is 18.0 Å². The monoisotopic (exact) mass is 482 g/mol. The molecule has 0 spiro atoms. The molecule has 7 nitrogen and oxygen atoms in total. The second kappa shape index (κ2) is 11.6. The minimum Gasteiger partial charge on any atom is -0.492 e. The first-order chi connectivity index (χ1) is 16.3. The van der Waals surface area contributed by atoms with Crippen LogP contribution < -0.4 is 19.1 Å². The number of anilines is 1. The molecule has 0 aliphatic carbocycles. The van der Waals surface area contributed by atoms with Gasteiger partial charge in [0.2, 0.25) is 5.91 Å². The molecule has 0 aromatic heterocycles. The number of nitrogens with zero attached hydrogens (tertiary/aromatic N) is 1. The second-order valence-corrected chi connectivity index (χ2v) is 9.53. The smallest absolute Gasteiger partial charge is 0.264 e. The van der Waals surface area contributed by atoms with Gasteiger partial charge in [0.1, 0.15) is 24.7 Å². The number of amides is 1. The summed E-state index contributed by atoms with van der Waals surface area (Å²) in [5.74, 6) is 0.654. The Hall–Kier alpha value is -3.52. The maximum atomic E-state index is 13.5. The molecular formula is C26H30N2O5S. The minimum atomic E-state index is -4.01. The molecule has 0 bridgehead atoms. The predicted octanol–water partition coefficient (Wildman–Crippen LogP) is 4.09. The molecule has 3 rings (SSSR count). The zero-order valence-electron chi connectivity index (χ0n) is 19.7. The highest BCUT2D eigenvalue weighted by Crippen LogP contribution is 2.32. The number of para-hydroxylation sites is 2. The van der Waals surface area contributed by atoms with E-state index in [1.165, 1.54) is 17.7 Å². The third-order valence-corrected chi connectivity index (χ3v) is 7.00. The topological polar surface area (TPSA) is 84.9 Å². The van der Waals surface area contributed by atoms with Crippen LogP contribution in [-0.2, 0) is 14.8 Å². The molecule has 34 heavy (non-hydrogen) atoms. The highest BCUT2D eigenvalue weighted by Gasteiger charge is 2.29. The van der Waals surface area contributed by atoms with Crippen molar-refractivity contribution in [2.24, 2.45) is 0 Å². The van der Waals surface area contributed by atoms with Gasteiger partial charge in [0.25, 0.3) is 10.0 Å². The molecule has 8 heteroatoms. The molecule has 0 atom stereocenters. The quantitative estimate of drug-likeness (QED) is 0.416. The molecular weight excluding hydrogens is 452 g/mol. The van der Waals surface area contributed by atoms with Crippen molar-refractivity contribution in [1.82, 2.24) is 5.32 Å². The summed E-state index contributed by atoms with van der Waals surface area (Å²) in [6.45, 7) is 6.30. The fourth-order valence-corrected chi connectivity index (χ4v) is 4.76. The van der Waals surface area contributed by atoms with Crippen molar-refractivity contribution in [1.29, 1.82) is 0 Å². The number of hydrogen-bond donors (Lipinski definition) is 1. The first-order valence-corrected chi connectivity index (χ1v) is 12.5. The highest BCUT2D eigenvalue weighted by molar-refractivity contribution is 7.92. The van der Waals surface area contributed by atoms with Crippen LogP contribution in [0.25, 0.3) is 0 Å². The van der Waals surface area contributed by atoms with Gasteiger partial charge in [0.05, 0.1) is 23.7 Å². The third kappa shape index (κ3) is 6.29. The zero-order valence-corrected chi connectivity index (χ0v) is 20.5. The summed E-state index contributed by atoms with van der Waals surface area (Å²) in [4.78, 5) is 12.9. The van der Waals surface area contributed by atoms with Crippen LogP contribution in [0, 0.1) is 13.8 Å². The summed E-state index contributed by atoms with van der Waals surface area (Å²) >= 11 is 0. The van der Waals surface area contributed by atoms with Gasteiger partial charge < -0.3 is 14.8 Å². The van der Waals surface area contributed by atoms with Gasteiger partial charge in [-0.15, -0.1) is 0 Å². The minimum absolute atomic E-state index is 0.0900. The van der Waals surface area contributed by atoms with E-state index in [1.54, 1.807) is 42.5 Å². The van der Waals surface area contributed by atoms with E-state index < -0.39 is 22.5 Å². The number of hydrogen-bond acceptors (Lipinski definition) is 5. The fraction of sp³-hybridized carbons (Fsp3) is 0.269. The Balaban J connectivity index is 1.74. The average Bonchev–Trinajstić information content (AvgIpc) is 2.84. The second-order valence-electron chi connectivity index (χ2n) is 7.67. The van der Waals surface area contributed by atoms with E-state index in [0.717, 1.165) is 15.6 Å². The molecule has 0 radical (unpaired) electrons. The molecule has 1 amide bonds. The van der Waals surface area contributed by atoms with Gasteiger partial charge in [-0.05, 0) is 68.3 Å². The maximum Gasteiger partial charge on any atom is 0.264 e. The van der Waals surface area contributed by atoms with Crippen LogP contribution in [0.15, 0.2) is 77.7 Å². The molecule has 0 saturated carbocycles. The van der Waals surface area contributed by atoms with E-state index >= 15 is 0 Å². The number of benzene rings is 3. The van der Waals surface area contributed by atoms with Crippen LogP contribution in [0.4, 0.5) is 5.69 Å². The van der Waals surface area contributed by atoms with Crippen LogP contribution in [0.2, 0.25) is 0 Å². The lowest BCUT2D eigenvalue weighted by Gasteiger charge is -2.26. The molecule has 1 N–H and O–H groups in total. The van der Waals surface area contributed by atoms with Crippen molar-refractivity contribution < 1.29 is 22.7 Å². The summed E-state index contributed by atoms with van der Waals surface area (Å²) in [6, 6.07) is 20.6. The molecule has 0 fully saturated rings. The number of carbonyl (C=O) groups is 1. The van der Waals surface area contributed by atoms with Gasteiger partial charge >= 0.3 is 0 Å². The van der Waals surface area contributed by atoms with Crippen LogP contribution in [0.1, 0.15) is 18.1 Å². The Morgan fingerprint density at radius 2 is 1.62 bits per heavy atom. The standard InChI is InChI=1S/C26H30N2O5S/c1-4-32-25-13-9-8-12-24(25)28(34(30,31)23-10-6-5-7-11-23)19-26(29)27-16-17-33-22-15-14-20(2)21(3)18-22/h5-15,18H,4,16-17,19H2,1-3H3,(H,27,29). The van der Waals surface area contributed by atoms with Crippen LogP contribution >= 0.6 is 0 Å². The van der Waals surface area contributed by atoms with E-state index in [0.29, 0.717) is 18.0 Å². The summed E-state index contributed by atoms with van der Waals surface area (Å²) in [5, 5.41) is 2.74. The Kier molecular flexibility index (Phi) is 8.54. The van der Waals surface area contributed by atoms with Crippen LogP contribution in [-0.4, -0.2) is 40.6 Å². The Labute approximate surface area is 201 Å². The van der Waals surface area contributed by atoms with Gasteiger partial charge in [-0.25, -0.2) is 8.42 Å². The lowest BCUT2D eigenvalue weighted by atomic mass is 10.1. The summed E-state index contributed by atoms with van der Waals surface area (Å²) in [5.41, 5.74) is 2.60. The van der Waals surface area contributed by atoms with Gasteiger partial charge in [-0.3, -0.25) is 9.10 Å². The number of sulfonamides is 1. The fourth-order valence-electron chi connectivity index (χ4n) is 3.31. The molecule has 0 unspecified atom stereocenters. The van der Waals surface area contributed by atoms with Gasteiger partial charge in [0, 0.05) is 0 Å². The van der Waals surface area contributed by atoms with Crippen molar-refractivity contribution in [3.63, 3.8) is 0 Å². The zero-order chi connectivity index (χ0) is 24.6. The molecule has 180 valence electrons. The maximum absolute atomic E-state index is 13.5. The predicted molar refractivity (Wildman–Crippen MR) is 133 cm³/mol. The Morgan fingerprint density at radius 3 is 2.32 bits per heavy atom. The van der Waals surface area contributed by atoms with Gasteiger partial charge in [-0.2, -0.15) is 0 Å². The number of aryl methyl sites for hydroxylation is 2. The van der Waals surface area contributed by atoms with E-state index in [4.69, 9.17) is 9.47 Å². The van der Waals surface area contributed by atoms with Crippen LogP contribution in [0.5, 0.6) is 11.5 Å². The first-order valence-electron chi connectivity index (χ1n) is 11.1. The lowest BCUT2D eigenvalue weighted by molar-refractivity contribution is -0.119. The Morgan fingerprint density at radius 1 is 0.912 bits per heavy atom. The molecule has 3 aromatic rings. The summed E-state index contributed by atoms with van der Waals surface area (Å²) in [6.07, 6.45) is 0. The van der Waals surface area contributed by atoms with E-state index in [1.807, 2.05) is 39.0 Å². The molecule has 0 heterocycles. The van der Waals surface area contributed by atoms with Crippen molar-refractivity contribution in [2.45, 2.75) is 25.7 Å². The number of ether oxygens (including phenoxy) is 2. The van der Waals surface area contributed by atoms with E-state index in [2.05, 4.69) is 5.32 Å². The van der Waals surface area contributed by atoms with Gasteiger partial charge in [0.15, 0.2) is 0 Å².